The third-order valence-electron chi connectivity index (χ3n) is 2.33. The minimum atomic E-state index is 0. The highest BCUT2D eigenvalue weighted by molar-refractivity contribution is 8.93. The van der Waals surface area contributed by atoms with Crippen LogP contribution in [-0.4, -0.2) is 37.1 Å². The van der Waals surface area contributed by atoms with Gasteiger partial charge in [0.25, 0.3) is 0 Å². The Morgan fingerprint density at radius 1 is 1.40 bits per heavy atom. The molecule has 10 heavy (non-hydrogen) atoms. The number of nitrogens with one attached hydrogen (secondary N) is 1. The normalized spacial score (nSPS) is 36.9. The van der Waals surface area contributed by atoms with Crippen molar-refractivity contribution < 1.29 is 0 Å². The SMILES string of the molecule is Br.Br.CN1C[C@@H]2CC1CN2. The van der Waals surface area contributed by atoms with Crippen LogP contribution in [-0.2, 0) is 0 Å². The molecular weight excluding hydrogens is 260 g/mol. The van der Waals surface area contributed by atoms with E-state index < -0.39 is 0 Å². The summed E-state index contributed by atoms with van der Waals surface area (Å²) in [6.45, 7) is 2.49. The Morgan fingerprint density at radius 2 is 2.10 bits per heavy atom. The van der Waals surface area contributed by atoms with E-state index in [0.717, 1.165) is 12.1 Å². The molecule has 2 aliphatic rings. The summed E-state index contributed by atoms with van der Waals surface area (Å²) in [5.74, 6) is 0. The number of likely N-dealkylation sites (N-methyl/N-ethyl adjacent to an activating group) is 1. The fraction of sp³-hybridized carbons (Fsp3) is 1.00. The van der Waals surface area contributed by atoms with E-state index in [0.29, 0.717) is 0 Å². The average Bonchev–Trinajstić information content (AvgIpc) is 2.23. The average molecular weight is 274 g/mol. The number of likely N-dealkylation sites (tertiary alicyclic amines) is 1. The lowest BCUT2D eigenvalue weighted by atomic mass is 10.2. The Kier molecular flexibility index (Phi) is 4.40. The summed E-state index contributed by atoms with van der Waals surface area (Å²) in [5, 5.41) is 3.44. The molecule has 0 amide bonds. The predicted molar refractivity (Wildman–Crippen MR) is 53.5 cm³/mol. The van der Waals surface area contributed by atoms with Gasteiger partial charge in [0.1, 0.15) is 0 Å². The number of hydrogen-bond acceptors (Lipinski definition) is 2. The van der Waals surface area contributed by atoms with Crippen molar-refractivity contribution in [1.82, 2.24) is 10.2 Å². The van der Waals surface area contributed by atoms with Crippen molar-refractivity contribution in [2.75, 3.05) is 20.1 Å². The van der Waals surface area contributed by atoms with Gasteiger partial charge in [0.15, 0.2) is 0 Å². The molecule has 0 radical (unpaired) electrons. The van der Waals surface area contributed by atoms with E-state index >= 15 is 0 Å². The summed E-state index contributed by atoms with van der Waals surface area (Å²) < 4.78 is 0. The maximum Gasteiger partial charge on any atom is 0.0233 e. The molecule has 2 nitrogen and oxygen atoms in total. The van der Waals surface area contributed by atoms with Gasteiger partial charge < -0.3 is 10.2 Å². The van der Waals surface area contributed by atoms with Crippen LogP contribution >= 0.6 is 34.0 Å². The molecule has 0 saturated carbocycles. The van der Waals surface area contributed by atoms with Crippen molar-refractivity contribution in [1.29, 1.82) is 0 Å². The lowest BCUT2D eigenvalue weighted by Crippen LogP contribution is -2.41. The topological polar surface area (TPSA) is 15.3 Å². The zero-order valence-corrected chi connectivity index (χ0v) is 9.47. The predicted octanol–water partition coefficient (Wildman–Crippen LogP) is 0.818. The maximum absolute atomic E-state index is 3.44. The fourth-order valence-electron chi connectivity index (χ4n) is 1.77. The van der Waals surface area contributed by atoms with E-state index in [9.17, 15) is 0 Å². The molecule has 2 atom stereocenters. The van der Waals surface area contributed by atoms with Gasteiger partial charge in [0.2, 0.25) is 0 Å². The number of nitrogens with zero attached hydrogens (tertiary/aromatic N) is 1. The van der Waals surface area contributed by atoms with Gasteiger partial charge in [-0.2, -0.15) is 0 Å². The minimum Gasteiger partial charge on any atom is -0.311 e. The first kappa shape index (κ1) is 10.9. The molecule has 0 spiro atoms. The van der Waals surface area contributed by atoms with Gasteiger partial charge in [0.05, 0.1) is 0 Å². The molecule has 62 valence electrons. The number of fused-ring (bicyclic) bond motifs is 2. The second-order valence-corrected chi connectivity index (χ2v) is 2.93. The van der Waals surface area contributed by atoms with Crippen LogP contribution < -0.4 is 5.32 Å². The molecule has 0 aliphatic carbocycles. The summed E-state index contributed by atoms with van der Waals surface area (Å²) in [4.78, 5) is 2.45. The van der Waals surface area contributed by atoms with Crippen LogP contribution in [0.1, 0.15) is 6.42 Å². The Morgan fingerprint density at radius 3 is 2.30 bits per heavy atom. The van der Waals surface area contributed by atoms with Crippen LogP contribution in [0, 0.1) is 0 Å². The Bertz CT molecular complexity index is 108. The zero-order valence-electron chi connectivity index (χ0n) is 6.04. The quantitative estimate of drug-likeness (QED) is 0.703. The lowest BCUT2D eigenvalue weighted by Gasteiger charge is -2.21. The summed E-state index contributed by atoms with van der Waals surface area (Å²) in [7, 11) is 2.21. The number of rotatable bonds is 0. The fourth-order valence-corrected chi connectivity index (χ4v) is 1.77. The van der Waals surface area contributed by atoms with Crippen molar-refractivity contribution >= 4 is 34.0 Å². The van der Waals surface area contributed by atoms with E-state index in [2.05, 4.69) is 17.3 Å². The van der Waals surface area contributed by atoms with Crippen LogP contribution in [0.15, 0.2) is 0 Å². The van der Waals surface area contributed by atoms with Crippen molar-refractivity contribution in [2.45, 2.75) is 18.5 Å². The van der Waals surface area contributed by atoms with Gasteiger partial charge in [-0.15, -0.1) is 34.0 Å². The second-order valence-electron chi connectivity index (χ2n) is 2.93. The Hall–Kier alpha value is 0.880. The van der Waals surface area contributed by atoms with Gasteiger partial charge in [-0.3, -0.25) is 0 Å². The van der Waals surface area contributed by atoms with Gasteiger partial charge in [-0.25, -0.2) is 0 Å². The standard InChI is InChI=1S/C6H12N2.2BrH/c1-8-4-5-2-6(8)3-7-5;;/h5-7H,2-4H2,1H3;2*1H/t5-,6?;;/m0../s1. The van der Waals surface area contributed by atoms with E-state index in [-0.39, 0.29) is 34.0 Å². The van der Waals surface area contributed by atoms with E-state index in [1.54, 1.807) is 0 Å². The maximum atomic E-state index is 3.44. The highest BCUT2D eigenvalue weighted by Crippen LogP contribution is 2.20. The van der Waals surface area contributed by atoms with Crippen LogP contribution in [0.3, 0.4) is 0 Å². The molecule has 2 aliphatic heterocycles. The van der Waals surface area contributed by atoms with E-state index in [4.69, 9.17) is 0 Å². The van der Waals surface area contributed by atoms with E-state index in [1.807, 2.05) is 0 Å². The smallest absolute Gasteiger partial charge is 0.0233 e. The summed E-state index contributed by atoms with van der Waals surface area (Å²) in [5.41, 5.74) is 0. The molecule has 1 unspecified atom stereocenters. The summed E-state index contributed by atoms with van der Waals surface area (Å²) >= 11 is 0. The highest BCUT2D eigenvalue weighted by atomic mass is 79.9. The summed E-state index contributed by atoms with van der Waals surface area (Å²) in [6.07, 6.45) is 1.39. The molecule has 2 fully saturated rings. The number of hydrogen-bond donors (Lipinski definition) is 1. The van der Waals surface area contributed by atoms with Gasteiger partial charge in [0, 0.05) is 25.2 Å². The minimum absolute atomic E-state index is 0. The van der Waals surface area contributed by atoms with E-state index in [1.165, 1.54) is 19.5 Å². The third kappa shape index (κ3) is 1.72. The molecule has 4 heteroatoms. The summed E-state index contributed by atoms with van der Waals surface area (Å²) in [6, 6.07) is 1.69. The molecule has 2 heterocycles. The largest absolute Gasteiger partial charge is 0.311 e. The van der Waals surface area contributed by atoms with Crippen molar-refractivity contribution in [3.63, 3.8) is 0 Å². The molecule has 2 saturated heterocycles. The Labute approximate surface area is 82.9 Å². The monoisotopic (exact) mass is 272 g/mol. The Balaban J connectivity index is 0.000000405. The number of piperazine rings is 1. The lowest BCUT2D eigenvalue weighted by molar-refractivity contribution is 0.276. The van der Waals surface area contributed by atoms with Gasteiger partial charge in [-0.1, -0.05) is 0 Å². The van der Waals surface area contributed by atoms with Crippen molar-refractivity contribution in [3.05, 3.63) is 0 Å². The zero-order chi connectivity index (χ0) is 5.56. The van der Waals surface area contributed by atoms with Crippen LogP contribution in [0.5, 0.6) is 0 Å². The third-order valence-corrected chi connectivity index (χ3v) is 2.33. The van der Waals surface area contributed by atoms with Crippen molar-refractivity contribution in [2.24, 2.45) is 0 Å². The number of halogens is 2. The molecule has 2 rings (SSSR count). The molecule has 2 bridgehead atoms. The van der Waals surface area contributed by atoms with Crippen LogP contribution in [0.4, 0.5) is 0 Å². The first-order valence-corrected chi connectivity index (χ1v) is 3.30. The van der Waals surface area contributed by atoms with Crippen molar-refractivity contribution in [3.8, 4) is 0 Å². The van der Waals surface area contributed by atoms with Gasteiger partial charge in [-0.05, 0) is 13.5 Å². The second kappa shape index (κ2) is 4.04. The highest BCUT2D eigenvalue weighted by Gasteiger charge is 2.34. The van der Waals surface area contributed by atoms with Crippen LogP contribution in [0.25, 0.3) is 0 Å². The molecule has 0 aromatic heterocycles. The van der Waals surface area contributed by atoms with Gasteiger partial charge >= 0.3 is 0 Å². The molecule has 0 aromatic carbocycles. The molecular formula is C6H14Br2N2. The molecule has 0 aromatic rings. The first-order chi connectivity index (χ1) is 3.86. The first-order valence-electron chi connectivity index (χ1n) is 3.30. The van der Waals surface area contributed by atoms with Crippen LogP contribution in [0.2, 0.25) is 0 Å². The molecule has 1 N–H and O–H groups in total.